The minimum absolute atomic E-state index is 0.196. The number of aromatic hydroxyl groups is 1. The fraction of sp³-hybridized carbons (Fsp3) is 0.462. The molecule has 0 aliphatic carbocycles. The van der Waals surface area contributed by atoms with Gasteiger partial charge in [0.15, 0.2) is 0 Å². The fourth-order valence-corrected chi connectivity index (χ4v) is 2.41. The van der Waals surface area contributed by atoms with Crippen LogP contribution < -0.4 is 0 Å². The van der Waals surface area contributed by atoms with Crippen LogP contribution in [0.3, 0.4) is 0 Å². The van der Waals surface area contributed by atoms with Gasteiger partial charge in [0.25, 0.3) is 0 Å². The molecular weight excluding hydrogens is 218 g/mol. The lowest BCUT2D eigenvalue weighted by atomic mass is 9.91. The smallest absolute Gasteiger partial charge is 0.230 e. The van der Waals surface area contributed by atoms with Crippen molar-refractivity contribution in [3.8, 4) is 5.75 Å². The third-order valence-corrected chi connectivity index (χ3v) is 3.32. The van der Waals surface area contributed by atoms with E-state index in [2.05, 4.69) is 5.16 Å². The zero-order valence-corrected chi connectivity index (χ0v) is 9.50. The van der Waals surface area contributed by atoms with Crippen molar-refractivity contribution in [3.05, 3.63) is 29.8 Å². The third kappa shape index (κ3) is 2.00. The first-order valence-corrected chi connectivity index (χ1v) is 5.97. The highest BCUT2D eigenvalue weighted by Gasteiger charge is 2.33. The van der Waals surface area contributed by atoms with Gasteiger partial charge in [-0.05, 0) is 25.0 Å². The van der Waals surface area contributed by atoms with E-state index in [-0.39, 0.29) is 12.0 Å². The SMILES string of the molecule is Oc1ccccc1C1=NOC2OCCCC2C1. The molecule has 2 atom stereocenters. The maximum atomic E-state index is 9.79. The van der Waals surface area contributed by atoms with E-state index in [0.29, 0.717) is 5.92 Å². The van der Waals surface area contributed by atoms with Gasteiger partial charge in [-0.2, -0.15) is 0 Å². The average molecular weight is 233 g/mol. The summed E-state index contributed by atoms with van der Waals surface area (Å²) in [4.78, 5) is 5.36. The molecule has 17 heavy (non-hydrogen) atoms. The van der Waals surface area contributed by atoms with E-state index in [1.54, 1.807) is 12.1 Å². The Labute approximate surface area is 99.8 Å². The van der Waals surface area contributed by atoms with Crippen molar-refractivity contribution in [2.45, 2.75) is 25.6 Å². The summed E-state index contributed by atoms with van der Waals surface area (Å²) in [6.07, 6.45) is 2.77. The van der Waals surface area contributed by atoms with Crippen LogP contribution in [0.5, 0.6) is 5.75 Å². The lowest BCUT2D eigenvalue weighted by molar-refractivity contribution is -0.197. The summed E-state index contributed by atoms with van der Waals surface area (Å²) < 4.78 is 5.50. The number of hydrogen-bond acceptors (Lipinski definition) is 4. The summed E-state index contributed by atoms with van der Waals surface area (Å²) in [5, 5.41) is 13.9. The van der Waals surface area contributed by atoms with Crippen molar-refractivity contribution in [3.63, 3.8) is 0 Å². The summed E-state index contributed by atoms with van der Waals surface area (Å²) in [5.74, 6) is 0.612. The van der Waals surface area contributed by atoms with Crippen LogP contribution in [0.25, 0.3) is 0 Å². The number of phenolic OH excluding ortho intramolecular Hbond substituents is 1. The summed E-state index contributed by atoms with van der Waals surface area (Å²) in [7, 11) is 0. The van der Waals surface area contributed by atoms with E-state index < -0.39 is 0 Å². The molecule has 2 aliphatic heterocycles. The minimum atomic E-state index is -0.196. The molecular formula is C13H15NO3. The Morgan fingerprint density at radius 3 is 3.06 bits per heavy atom. The first-order chi connectivity index (χ1) is 8.34. The number of oxime groups is 1. The van der Waals surface area contributed by atoms with Crippen molar-refractivity contribution in [1.29, 1.82) is 0 Å². The van der Waals surface area contributed by atoms with Crippen LogP contribution in [0.4, 0.5) is 0 Å². The van der Waals surface area contributed by atoms with Gasteiger partial charge in [0.05, 0.1) is 12.3 Å². The fourth-order valence-electron chi connectivity index (χ4n) is 2.41. The average Bonchev–Trinajstić information content (AvgIpc) is 2.39. The topological polar surface area (TPSA) is 51.1 Å². The molecule has 4 nitrogen and oxygen atoms in total. The molecule has 0 radical (unpaired) electrons. The second kappa shape index (κ2) is 4.37. The van der Waals surface area contributed by atoms with Crippen LogP contribution in [0.15, 0.2) is 29.4 Å². The first kappa shape index (κ1) is 10.6. The standard InChI is InChI=1S/C13H15NO3/c15-12-6-2-1-5-10(12)11-8-9-4-3-7-16-13(9)17-14-11/h1-2,5-6,9,13,15H,3-4,7-8H2. The van der Waals surface area contributed by atoms with Crippen molar-refractivity contribution in [2.75, 3.05) is 6.61 Å². The molecule has 1 aromatic carbocycles. The molecule has 3 rings (SSSR count). The number of rotatable bonds is 1. The molecule has 0 aromatic heterocycles. The zero-order chi connectivity index (χ0) is 11.7. The summed E-state index contributed by atoms with van der Waals surface area (Å²) in [5.41, 5.74) is 1.58. The van der Waals surface area contributed by atoms with Gasteiger partial charge in [-0.15, -0.1) is 0 Å². The number of para-hydroxylation sites is 1. The highest BCUT2D eigenvalue weighted by Crippen LogP contribution is 2.32. The Hall–Kier alpha value is -1.55. The van der Waals surface area contributed by atoms with E-state index in [4.69, 9.17) is 9.57 Å². The van der Waals surface area contributed by atoms with E-state index >= 15 is 0 Å². The van der Waals surface area contributed by atoms with Crippen LogP contribution >= 0.6 is 0 Å². The molecule has 2 aliphatic rings. The third-order valence-electron chi connectivity index (χ3n) is 3.32. The maximum absolute atomic E-state index is 9.79. The van der Waals surface area contributed by atoms with Gasteiger partial charge >= 0.3 is 0 Å². The van der Waals surface area contributed by atoms with Crippen LogP contribution in [0, 0.1) is 5.92 Å². The quantitative estimate of drug-likeness (QED) is 0.809. The number of nitrogens with zero attached hydrogens (tertiary/aromatic N) is 1. The Bertz CT molecular complexity index is 444. The van der Waals surface area contributed by atoms with E-state index in [1.807, 2.05) is 12.1 Å². The molecule has 0 spiro atoms. The molecule has 0 saturated carbocycles. The predicted octanol–water partition coefficient (Wildman–Crippen LogP) is 2.27. The number of phenols is 1. The van der Waals surface area contributed by atoms with Crippen molar-refractivity contribution < 1.29 is 14.7 Å². The van der Waals surface area contributed by atoms with Crippen molar-refractivity contribution >= 4 is 5.71 Å². The molecule has 1 fully saturated rings. The number of benzene rings is 1. The van der Waals surface area contributed by atoms with Crippen LogP contribution in [0.2, 0.25) is 0 Å². The highest BCUT2D eigenvalue weighted by molar-refractivity contribution is 6.02. The first-order valence-electron chi connectivity index (χ1n) is 5.97. The molecule has 90 valence electrons. The van der Waals surface area contributed by atoms with Crippen molar-refractivity contribution in [2.24, 2.45) is 11.1 Å². The molecule has 1 N–H and O–H groups in total. The molecule has 0 amide bonds. The zero-order valence-electron chi connectivity index (χ0n) is 9.50. The van der Waals surface area contributed by atoms with Gasteiger partial charge in [0.1, 0.15) is 5.75 Å². The van der Waals surface area contributed by atoms with E-state index in [1.165, 1.54) is 0 Å². The molecule has 0 bridgehead atoms. The normalized spacial score (nSPS) is 27.9. The Kier molecular flexibility index (Phi) is 2.73. The van der Waals surface area contributed by atoms with E-state index in [0.717, 1.165) is 37.1 Å². The summed E-state index contributed by atoms with van der Waals surface area (Å²) >= 11 is 0. The van der Waals surface area contributed by atoms with Gasteiger partial charge < -0.3 is 14.7 Å². The lowest BCUT2D eigenvalue weighted by Crippen LogP contribution is -2.35. The number of hydrogen-bond donors (Lipinski definition) is 1. The largest absolute Gasteiger partial charge is 0.507 e. The van der Waals surface area contributed by atoms with Gasteiger partial charge in [-0.3, -0.25) is 0 Å². The monoisotopic (exact) mass is 233 g/mol. The van der Waals surface area contributed by atoms with E-state index in [9.17, 15) is 5.11 Å². The van der Waals surface area contributed by atoms with Crippen molar-refractivity contribution in [1.82, 2.24) is 0 Å². The Morgan fingerprint density at radius 2 is 2.18 bits per heavy atom. The lowest BCUT2D eigenvalue weighted by Gasteiger charge is -2.33. The second-order valence-electron chi connectivity index (χ2n) is 4.51. The van der Waals surface area contributed by atoms with Crippen LogP contribution in [-0.2, 0) is 9.57 Å². The van der Waals surface area contributed by atoms with Gasteiger partial charge in [0, 0.05) is 17.9 Å². The second-order valence-corrected chi connectivity index (χ2v) is 4.51. The Morgan fingerprint density at radius 1 is 1.29 bits per heavy atom. The Balaban J connectivity index is 1.85. The van der Waals surface area contributed by atoms with Gasteiger partial charge in [0.2, 0.25) is 6.29 Å². The van der Waals surface area contributed by atoms with Crippen LogP contribution in [-0.4, -0.2) is 23.7 Å². The maximum Gasteiger partial charge on any atom is 0.230 e. The molecule has 1 aromatic rings. The van der Waals surface area contributed by atoms with Gasteiger partial charge in [-0.1, -0.05) is 17.3 Å². The van der Waals surface area contributed by atoms with Gasteiger partial charge in [-0.25, -0.2) is 0 Å². The summed E-state index contributed by atoms with van der Waals surface area (Å²) in [6.45, 7) is 0.753. The summed E-state index contributed by atoms with van der Waals surface area (Å²) in [6, 6.07) is 7.22. The molecule has 2 unspecified atom stereocenters. The minimum Gasteiger partial charge on any atom is -0.507 e. The van der Waals surface area contributed by atoms with Crippen LogP contribution in [0.1, 0.15) is 24.8 Å². The number of ether oxygens (including phenoxy) is 1. The molecule has 4 heteroatoms. The molecule has 2 heterocycles. The predicted molar refractivity (Wildman–Crippen MR) is 62.8 cm³/mol. The highest BCUT2D eigenvalue weighted by atomic mass is 16.8. The number of fused-ring (bicyclic) bond motifs is 1. The molecule has 1 saturated heterocycles.